The van der Waals surface area contributed by atoms with Crippen molar-refractivity contribution < 1.29 is 0 Å². The summed E-state index contributed by atoms with van der Waals surface area (Å²) in [6, 6.07) is 74.2. The summed E-state index contributed by atoms with van der Waals surface area (Å²) in [5.74, 6) is 0.701. The van der Waals surface area contributed by atoms with Gasteiger partial charge in [-0.05, 0) is 95.4 Å². The predicted octanol–water partition coefficient (Wildman–Crippen LogP) is 15.1. The van der Waals surface area contributed by atoms with Crippen molar-refractivity contribution in [1.82, 2.24) is 9.97 Å². The van der Waals surface area contributed by atoms with Gasteiger partial charge in [-0.3, -0.25) is 0 Å². The van der Waals surface area contributed by atoms with E-state index >= 15 is 0 Å². The van der Waals surface area contributed by atoms with Crippen molar-refractivity contribution in [3.63, 3.8) is 0 Å². The molecule has 9 aromatic carbocycles. The van der Waals surface area contributed by atoms with Crippen LogP contribution in [0.5, 0.6) is 0 Å². The smallest absolute Gasteiger partial charge is 0.161 e. The number of hydrogen-bond acceptors (Lipinski definition) is 2. The molecular formula is C57H40N2. The second-order valence-electron chi connectivity index (χ2n) is 16.1. The summed E-state index contributed by atoms with van der Waals surface area (Å²) < 4.78 is 0. The number of hydrogen-bond donors (Lipinski definition) is 0. The van der Waals surface area contributed by atoms with E-state index in [1.165, 1.54) is 60.7 Å². The summed E-state index contributed by atoms with van der Waals surface area (Å²) in [6.45, 7) is 4.73. The summed E-state index contributed by atoms with van der Waals surface area (Å²) in [5, 5.41) is 4.92. The second-order valence-corrected chi connectivity index (χ2v) is 16.1. The van der Waals surface area contributed by atoms with Crippen molar-refractivity contribution in [2.75, 3.05) is 0 Å². The second kappa shape index (κ2) is 13.9. The van der Waals surface area contributed by atoms with Crippen LogP contribution in [-0.2, 0) is 5.41 Å². The Morgan fingerprint density at radius 2 is 0.864 bits per heavy atom. The molecule has 1 aromatic heterocycles. The van der Waals surface area contributed by atoms with Crippen LogP contribution in [-0.4, -0.2) is 9.97 Å². The maximum Gasteiger partial charge on any atom is 0.161 e. The van der Waals surface area contributed by atoms with E-state index in [1.807, 2.05) is 0 Å². The van der Waals surface area contributed by atoms with Gasteiger partial charge in [0.05, 0.1) is 11.4 Å². The molecule has 1 heterocycles. The molecular weight excluding hydrogens is 713 g/mol. The fourth-order valence-corrected chi connectivity index (χ4v) is 9.42. The number of nitrogens with zero attached hydrogens (tertiary/aromatic N) is 2. The molecule has 0 saturated heterocycles. The lowest BCUT2D eigenvalue weighted by molar-refractivity contribution is 0.666. The van der Waals surface area contributed by atoms with Gasteiger partial charge in [-0.25, -0.2) is 9.97 Å². The molecule has 10 aromatic rings. The van der Waals surface area contributed by atoms with Crippen LogP contribution in [0.25, 0.3) is 100.0 Å². The summed E-state index contributed by atoms with van der Waals surface area (Å²) in [4.78, 5) is 10.8. The van der Waals surface area contributed by atoms with Crippen molar-refractivity contribution in [3.05, 3.63) is 217 Å². The van der Waals surface area contributed by atoms with E-state index in [-0.39, 0.29) is 5.41 Å². The highest BCUT2D eigenvalue weighted by molar-refractivity contribution is 6.05. The standard InChI is InChI=1S/C57H40N2/c1-57(2)52-34-30-42(35-51(52)49-31-29-40-19-9-10-21-45(40)55(49)57)44-32-33-50(47-23-13-12-22-46(44)47)56-58-53(41-27-25-38(26-28-41)37-15-5-3-6-16-37)36-54(59-56)48-24-14-11-20-43(48)39-17-7-4-8-18-39/h3-36H,1-2H3. The lowest BCUT2D eigenvalue weighted by atomic mass is 9.80. The zero-order valence-electron chi connectivity index (χ0n) is 33.0. The average molecular weight is 753 g/mol. The first-order chi connectivity index (χ1) is 29.0. The molecule has 0 spiro atoms. The summed E-state index contributed by atoms with van der Waals surface area (Å²) >= 11 is 0. The third-order valence-corrected chi connectivity index (χ3v) is 12.3. The van der Waals surface area contributed by atoms with Crippen molar-refractivity contribution in [2.45, 2.75) is 19.3 Å². The molecule has 59 heavy (non-hydrogen) atoms. The summed E-state index contributed by atoms with van der Waals surface area (Å²) in [5.41, 5.74) is 17.3. The molecule has 0 unspecified atom stereocenters. The van der Waals surface area contributed by atoms with Gasteiger partial charge in [0, 0.05) is 22.1 Å². The Morgan fingerprint density at radius 3 is 1.63 bits per heavy atom. The Labute approximate surface area is 345 Å². The minimum absolute atomic E-state index is 0.100. The summed E-state index contributed by atoms with van der Waals surface area (Å²) in [7, 11) is 0. The molecule has 278 valence electrons. The van der Waals surface area contributed by atoms with Crippen molar-refractivity contribution in [2.24, 2.45) is 0 Å². The number of aromatic nitrogens is 2. The molecule has 0 radical (unpaired) electrons. The third-order valence-electron chi connectivity index (χ3n) is 12.3. The van der Waals surface area contributed by atoms with Gasteiger partial charge < -0.3 is 0 Å². The third kappa shape index (κ3) is 5.87. The molecule has 2 nitrogen and oxygen atoms in total. The van der Waals surface area contributed by atoms with Gasteiger partial charge >= 0.3 is 0 Å². The quantitative estimate of drug-likeness (QED) is 0.169. The highest BCUT2D eigenvalue weighted by atomic mass is 14.9. The first-order valence-electron chi connectivity index (χ1n) is 20.4. The molecule has 0 saturated carbocycles. The summed E-state index contributed by atoms with van der Waals surface area (Å²) in [6.07, 6.45) is 0. The molecule has 11 rings (SSSR count). The maximum absolute atomic E-state index is 5.41. The minimum atomic E-state index is -0.100. The topological polar surface area (TPSA) is 25.8 Å². The van der Waals surface area contributed by atoms with E-state index in [2.05, 4.69) is 220 Å². The van der Waals surface area contributed by atoms with Gasteiger partial charge in [0.15, 0.2) is 5.82 Å². The Hall–Kier alpha value is -7.42. The SMILES string of the molecule is CC1(C)c2ccc(-c3ccc(-c4nc(-c5ccc(-c6ccccc6)cc5)cc(-c5ccccc5-c5ccccc5)n4)c4ccccc34)cc2-c2ccc3ccccc3c21. The van der Waals surface area contributed by atoms with E-state index < -0.39 is 0 Å². The molecule has 0 atom stereocenters. The monoisotopic (exact) mass is 752 g/mol. The van der Waals surface area contributed by atoms with Crippen LogP contribution in [0.3, 0.4) is 0 Å². The van der Waals surface area contributed by atoms with Crippen LogP contribution in [0.1, 0.15) is 25.0 Å². The number of fused-ring (bicyclic) bond motifs is 6. The van der Waals surface area contributed by atoms with Gasteiger partial charge in [-0.15, -0.1) is 0 Å². The van der Waals surface area contributed by atoms with Gasteiger partial charge in [0.1, 0.15) is 0 Å². The van der Waals surface area contributed by atoms with E-state index in [1.54, 1.807) is 0 Å². The van der Waals surface area contributed by atoms with Crippen molar-refractivity contribution in [1.29, 1.82) is 0 Å². The lowest BCUT2D eigenvalue weighted by Gasteiger charge is -2.23. The molecule has 0 bridgehead atoms. The van der Waals surface area contributed by atoms with E-state index in [9.17, 15) is 0 Å². The van der Waals surface area contributed by atoms with Crippen molar-refractivity contribution in [3.8, 4) is 78.4 Å². The van der Waals surface area contributed by atoms with E-state index in [0.29, 0.717) is 5.82 Å². The van der Waals surface area contributed by atoms with E-state index in [0.717, 1.165) is 44.6 Å². The lowest BCUT2D eigenvalue weighted by Crippen LogP contribution is -2.15. The first kappa shape index (κ1) is 34.8. The Morgan fingerprint density at radius 1 is 0.322 bits per heavy atom. The predicted molar refractivity (Wildman–Crippen MR) is 247 cm³/mol. The van der Waals surface area contributed by atoms with Crippen molar-refractivity contribution >= 4 is 21.5 Å². The van der Waals surface area contributed by atoms with Gasteiger partial charge in [0.25, 0.3) is 0 Å². The largest absolute Gasteiger partial charge is 0.228 e. The number of rotatable bonds is 6. The van der Waals surface area contributed by atoms with Crippen LogP contribution in [0, 0.1) is 0 Å². The molecule has 0 N–H and O–H groups in total. The van der Waals surface area contributed by atoms with Gasteiger partial charge in [-0.1, -0.05) is 202 Å². The van der Waals surface area contributed by atoms with Gasteiger partial charge in [-0.2, -0.15) is 0 Å². The Bertz CT molecular complexity index is 3220. The minimum Gasteiger partial charge on any atom is -0.228 e. The maximum atomic E-state index is 5.41. The molecule has 1 aliphatic rings. The zero-order valence-corrected chi connectivity index (χ0v) is 33.0. The van der Waals surface area contributed by atoms with Crippen LogP contribution in [0.15, 0.2) is 206 Å². The average Bonchev–Trinajstić information content (AvgIpc) is 3.54. The Kier molecular flexibility index (Phi) is 8.20. The first-order valence-corrected chi connectivity index (χ1v) is 20.4. The van der Waals surface area contributed by atoms with E-state index in [4.69, 9.17) is 9.97 Å². The highest BCUT2D eigenvalue weighted by Crippen LogP contribution is 2.52. The van der Waals surface area contributed by atoms with Crippen LogP contribution < -0.4 is 0 Å². The molecule has 0 amide bonds. The fourth-order valence-electron chi connectivity index (χ4n) is 9.42. The number of benzene rings is 9. The van der Waals surface area contributed by atoms with Crippen LogP contribution in [0.2, 0.25) is 0 Å². The fraction of sp³-hybridized carbons (Fsp3) is 0.0526. The van der Waals surface area contributed by atoms with Gasteiger partial charge in [0.2, 0.25) is 0 Å². The molecule has 0 fully saturated rings. The van der Waals surface area contributed by atoms with Crippen LogP contribution >= 0.6 is 0 Å². The molecule has 1 aliphatic carbocycles. The normalized spacial score (nSPS) is 12.7. The Balaban J connectivity index is 1.07. The highest BCUT2D eigenvalue weighted by Gasteiger charge is 2.37. The molecule has 2 heteroatoms. The van der Waals surface area contributed by atoms with Crippen LogP contribution in [0.4, 0.5) is 0 Å². The molecule has 0 aliphatic heterocycles. The zero-order chi connectivity index (χ0) is 39.5.